The lowest BCUT2D eigenvalue weighted by atomic mass is 9.60. The number of benzene rings is 1. The second-order valence-corrected chi connectivity index (χ2v) is 10.8. The molecular formula is C28H32F3N3O2. The highest BCUT2D eigenvalue weighted by atomic mass is 19.4. The van der Waals surface area contributed by atoms with Crippen molar-refractivity contribution in [2.45, 2.75) is 63.4 Å². The lowest BCUT2D eigenvalue weighted by Gasteiger charge is -2.55. The van der Waals surface area contributed by atoms with E-state index in [4.69, 9.17) is 0 Å². The first-order valence-electron chi connectivity index (χ1n) is 12.6. The van der Waals surface area contributed by atoms with Crippen LogP contribution in [0, 0.1) is 11.3 Å². The summed E-state index contributed by atoms with van der Waals surface area (Å²) in [6, 6.07) is 9.75. The fraction of sp³-hybridized carbons (Fsp3) is 0.500. The quantitative estimate of drug-likeness (QED) is 0.634. The number of piperidine rings is 1. The molecule has 1 saturated carbocycles. The Labute approximate surface area is 209 Å². The molecule has 3 aliphatic rings. The molecule has 0 bridgehead atoms. The summed E-state index contributed by atoms with van der Waals surface area (Å²) in [7, 11) is 0. The van der Waals surface area contributed by atoms with E-state index in [2.05, 4.69) is 58.5 Å². The van der Waals surface area contributed by atoms with Crippen LogP contribution in [0.4, 0.5) is 13.2 Å². The molecule has 2 heterocycles. The van der Waals surface area contributed by atoms with Gasteiger partial charge in [0.15, 0.2) is 0 Å². The fourth-order valence-corrected chi connectivity index (χ4v) is 6.41. The molecule has 3 atom stereocenters. The van der Waals surface area contributed by atoms with Crippen molar-refractivity contribution in [2.75, 3.05) is 13.1 Å². The first kappa shape index (κ1) is 25.0. The van der Waals surface area contributed by atoms with Gasteiger partial charge in [-0.15, -0.1) is 0 Å². The smallest absolute Gasteiger partial charge is 0.392 e. The summed E-state index contributed by atoms with van der Waals surface area (Å²) in [6.45, 7) is 5.67. The van der Waals surface area contributed by atoms with Crippen molar-refractivity contribution in [1.29, 1.82) is 0 Å². The van der Waals surface area contributed by atoms with Gasteiger partial charge in [0.05, 0.1) is 17.1 Å². The number of aliphatic hydroxyl groups is 1. The predicted molar refractivity (Wildman–Crippen MR) is 131 cm³/mol. The molecule has 1 aromatic heterocycles. The van der Waals surface area contributed by atoms with Gasteiger partial charge in [-0.25, -0.2) is 0 Å². The number of carbonyl (C=O) groups is 1. The Bertz CT molecular complexity index is 1170. The van der Waals surface area contributed by atoms with Crippen LogP contribution < -0.4 is 5.32 Å². The van der Waals surface area contributed by atoms with Gasteiger partial charge in [0, 0.05) is 36.9 Å². The summed E-state index contributed by atoms with van der Waals surface area (Å²) in [4.78, 5) is 19.2. The van der Waals surface area contributed by atoms with Crippen LogP contribution in [0.15, 0.2) is 48.8 Å². The summed E-state index contributed by atoms with van der Waals surface area (Å²) in [5.74, 6) is 0.0929. The maximum atomic E-state index is 13.1. The van der Waals surface area contributed by atoms with Crippen molar-refractivity contribution >= 4 is 12.0 Å². The summed E-state index contributed by atoms with van der Waals surface area (Å²) in [5.41, 5.74) is 1.23. The second kappa shape index (κ2) is 8.99. The highest BCUT2D eigenvalue weighted by molar-refractivity contribution is 5.84. The average Bonchev–Trinajstić information content (AvgIpc) is 3.18. The van der Waals surface area contributed by atoms with Gasteiger partial charge in [-0.05, 0) is 61.4 Å². The Morgan fingerprint density at radius 1 is 1.28 bits per heavy atom. The number of rotatable bonds is 5. The maximum Gasteiger partial charge on any atom is 0.417 e. The summed E-state index contributed by atoms with van der Waals surface area (Å²) < 4.78 is 38.9. The van der Waals surface area contributed by atoms with Crippen molar-refractivity contribution in [3.05, 3.63) is 71.1 Å². The summed E-state index contributed by atoms with van der Waals surface area (Å²) in [5, 5.41) is 13.3. The van der Waals surface area contributed by atoms with E-state index in [1.807, 2.05) is 0 Å². The van der Waals surface area contributed by atoms with Crippen molar-refractivity contribution in [2.24, 2.45) is 11.3 Å². The van der Waals surface area contributed by atoms with Crippen LogP contribution >= 0.6 is 0 Å². The van der Waals surface area contributed by atoms with Crippen LogP contribution in [-0.4, -0.2) is 46.1 Å². The first-order valence-corrected chi connectivity index (χ1v) is 12.6. The summed E-state index contributed by atoms with van der Waals surface area (Å²) in [6.07, 6.45) is 3.39. The minimum atomic E-state index is -4.49. The van der Waals surface area contributed by atoms with E-state index in [1.165, 1.54) is 17.3 Å². The van der Waals surface area contributed by atoms with Gasteiger partial charge < -0.3 is 10.4 Å². The van der Waals surface area contributed by atoms with Gasteiger partial charge in [-0.1, -0.05) is 43.3 Å². The van der Waals surface area contributed by atoms with Gasteiger partial charge in [-0.3, -0.25) is 14.7 Å². The number of hydrogen-bond acceptors (Lipinski definition) is 4. The number of likely N-dealkylation sites (tertiary alicyclic amines) is 1. The summed E-state index contributed by atoms with van der Waals surface area (Å²) >= 11 is 0. The van der Waals surface area contributed by atoms with Crippen LogP contribution in [0.2, 0.25) is 0 Å². The third-order valence-corrected chi connectivity index (χ3v) is 8.77. The zero-order chi connectivity index (χ0) is 25.7. The molecule has 5 rings (SSSR count). The normalized spacial score (nSPS) is 30.6. The van der Waals surface area contributed by atoms with Crippen molar-refractivity contribution in [3.63, 3.8) is 0 Å². The van der Waals surface area contributed by atoms with Crippen LogP contribution in [0.25, 0.3) is 6.08 Å². The molecule has 1 aliphatic heterocycles. The third-order valence-electron chi connectivity index (χ3n) is 8.77. The molecule has 1 amide bonds. The molecule has 5 nitrogen and oxygen atoms in total. The van der Waals surface area contributed by atoms with Gasteiger partial charge in [0.1, 0.15) is 0 Å². The van der Waals surface area contributed by atoms with E-state index in [1.54, 1.807) is 6.92 Å². The molecule has 2 aromatic rings. The van der Waals surface area contributed by atoms with Gasteiger partial charge in [0.25, 0.3) is 0 Å². The monoisotopic (exact) mass is 499 g/mol. The predicted octanol–water partition coefficient (Wildman–Crippen LogP) is 4.55. The first-order chi connectivity index (χ1) is 17.0. The lowest BCUT2D eigenvalue weighted by Crippen LogP contribution is -2.63. The molecular weight excluding hydrogens is 467 g/mol. The van der Waals surface area contributed by atoms with Gasteiger partial charge in [0.2, 0.25) is 5.91 Å². The highest BCUT2D eigenvalue weighted by Gasteiger charge is 2.56. The van der Waals surface area contributed by atoms with Gasteiger partial charge >= 0.3 is 6.18 Å². The Morgan fingerprint density at radius 2 is 2.03 bits per heavy atom. The molecule has 2 fully saturated rings. The van der Waals surface area contributed by atoms with E-state index >= 15 is 0 Å². The molecule has 1 unspecified atom stereocenters. The standard InChI is InChI=1S/C28H32F3N3O2/c1-18-17-34(10-9-26(18)8-7-21-5-3-4-6-24(21)26)23-12-27(13-23,19(2)35)25(36)33-15-20-11-22(16-32-14-20)28(29,30)31/h3-8,11,14,16,18-19,23,35H,9-10,12-13,15,17H2,1-2H3,(H,33,36)/t18-,19?,23-,26-,27+/m0/s1. The Hall–Kier alpha value is -2.71. The molecule has 1 spiro atoms. The van der Waals surface area contributed by atoms with Crippen LogP contribution in [-0.2, 0) is 22.9 Å². The van der Waals surface area contributed by atoms with Crippen LogP contribution in [0.1, 0.15) is 55.4 Å². The average molecular weight is 500 g/mol. The van der Waals surface area contributed by atoms with Crippen molar-refractivity contribution in [3.8, 4) is 0 Å². The molecule has 36 heavy (non-hydrogen) atoms. The number of halogens is 3. The van der Waals surface area contributed by atoms with Crippen LogP contribution in [0.3, 0.4) is 0 Å². The van der Waals surface area contributed by atoms with E-state index in [9.17, 15) is 23.1 Å². The lowest BCUT2D eigenvalue weighted by molar-refractivity contribution is -0.155. The molecule has 0 radical (unpaired) electrons. The van der Waals surface area contributed by atoms with Gasteiger partial charge in [-0.2, -0.15) is 13.2 Å². The Kier molecular flexibility index (Phi) is 6.24. The number of amides is 1. The SMILES string of the molecule is CC(O)[C@]1(C(=O)NCc2cncc(C(F)(F)F)c2)C[C@@H](N2CC[C@@]3(C=Cc4ccccc43)[C@@H](C)C2)C1. The number of allylic oxidation sites excluding steroid dienone is 1. The number of pyridine rings is 1. The third kappa shape index (κ3) is 4.14. The van der Waals surface area contributed by atoms with E-state index in [0.717, 1.165) is 31.8 Å². The molecule has 192 valence electrons. The number of carbonyl (C=O) groups excluding carboxylic acids is 1. The number of nitrogens with zero attached hydrogens (tertiary/aromatic N) is 2. The molecule has 8 heteroatoms. The van der Waals surface area contributed by atoms with E-state index in [-0.39, 0.29) is 29.5 Å². The number of aliphatic hydroxyl groups excluding tert-OH is 1. The molecule has 2 N–H and O–H groups in total. The Morgan fingerprint density at radius 3 is 2.72 bits per heavy atom. The number of nitrogens with one attached hydrogen (secondary N) is 1. The number of aromatic nitrogens is 1. The number of fused-ring (bicyclic) bond motifs is 2. The molecule has 1 saturated heterocycles. The van der Waals surface area contributed by atoms with Crippen molar-refractivity contribution < 1.29 is 23.1 Å². The Balaban J connectivity index is 1.21. The number of alkyl halides is 3. The topological polar surface area (TPSA) is 65.5 Å². The fourth-order valence-electron chi connectivity index (χ4n) is 6.41. The van der Waals surface area contributed by atoms with E-state index < -0.39 is 23.3 Å². The molecule has 1 aromatic carbocycles. The van der Waals surface area contributed by atoms with E-state index in [0.29, 0.717) is 18.8 Å². The minimum absolute atomic E-state index is 0.0502. The maximum absolute atomic E-state index is 13.1. The zero-order valence-corrected chi connectivity index (χ0v) is 20.6. The zero-order valence-electron chi connectivity index (χ0n) is 20.6. The highest BCUT2D eigenvalue weighted by Crippen LogP contribution is 2.51. The number of hydrogen-bond donors (Lipinski definition) is 2. The van der Waals surface area contributed by atoms with Crippen LogP contribution in [0.5, 0.6) is 0 Å². The second-order valence-electron chi connectivity index (χ2n) is 10.8. The largest absolute Gasteiger partial charge is 0.417 e. The molecule has 2 aliphatic carbocycles. The minimum Gasteiger partial charge on any atom is -0.392 e. The van der Waals surface area contributed by atoms with Crippen molar-refractivity contribution in [1.82, 2.24) is 15.2 Å².